The predicted octanol–water partition coefficient (Wildman–Crippen LogP) is 6.45. The summed E-state index contributed by atoms with van der Waals surface area (Å²) >= 11 is 0. The van der Waals surface area contributed by atoms with Crippen LogP contribution in [0.5, 0.6) is 0 Å². The van der Waals surface area contributed by atoms with Crippen molar-refractivity contribution < 1.29 is 26.7 Å². The Labute approximate surface area is 263 Å². The van der Waals surface area contributed by atoms with E-state index in [1.54, 1.807) is 6.33 Å². The molecule has 46 heavy (non-hydrogen) atoms. The van der Waals surface area contributed by atoms with Gasteiger partial charge in [-0.2, -0.15) is 18.2 Å². The van der Waals surface area contributed by atoms with E-state index in [1.807, 2.05) is 11.3 Å². The van der Waals surface area contributed by atoms with E-state index in [1.165, 1.54) is 12.1 Å². The SMILES string of the molecule is Cc1nc2c(N3C[C@@H](C)N(C(c4ccc(C(F)(F)F)cc4)C4CCC(F)(F)CC4)C[C@@H]3C)nc3nncn3c2n1CC1CCCO1. The Morgan fingerprint density at radius 1 is 1.00 bits per heavy atom. The lowest BCUT2D eigenvalue weighted by Crippen LogP contribution is -2.58. The lowest BCUT2D eigenvalue weighted by molar-refractivity contribution is -0.137. The molecule has 7 rings (SSSR count). The van der Waals surface area contributed by atoms with Crippen LogP contribution in [0.3, 0.4) is 0 Å². The Hall–Kier alpha value is -3.39. The molecule has 0 bridgehead atoms. The molecule has 0 radical (unpaired) electrons. The largest absolute Gasteiger partial charge is 0.416 e. The van der Waals surface area contributed by atoms with Crippen molar-refractivity contribution in [2.75, 3.05) is 24.6 Å². The van der Waals surface area contributed by atoms with Crippen LogP contribution in [-0.2, 0) is 17.5 Å². The molecule has 3 fully saturated rings. The number of aryl methyl sites for hydroxylation is 1. The number of alkyl halides is 5. The average molecular weight is 647 g/mol. The highest BCUT2D eigenvalue weighted by molar-refractivity contribution is 5.87. The van der Waals surface area contributed by atoms with Crippen molar-refractivity contribution in [2.45, 2.75) is 102 Å². The first-order valence-electron chi connectivity index (χ1n) is 16.1. The highest BCUT2D eigenvalue weighted by Crippen LogP contribution is 2.46. The minimum Gasteiger partial charge on any atom is -0.376 e. The van der Waals surface area contributed by atoms with E-state index in [0.29, 0.717) is 44.1 Å². The quantitative estimate of drug-likeness (QED) is 0.223. The Morgan fingerprint density at radius 2 is 1.74 bits per heavy atom. The maximum Gasteiger partial charge on any atom is 0.416 e. The molecule has 1 aliphatic carbocycles. The number of rotatable bonds is 6. The third-order valence-corrected chi connectivity index (χ3v) is 10.2. The third kappa shape index (κ3) is 5.71. The molecule has 248 valence electrons. The number of ether oxygens (including phenoxy) is 1. The molecule has 4 atom stereocenters. The van der Waals surface area contributed by atoms with Crippen LogP contribution in [0.4, 0.5) is 27.8 Å². The average Bonchev–Trinajstić information content (AvgIpc) is 3.76. The van der Waals surface area contributed by atoms with Gasteiger partial charge in [0.2, 0.25) is 5.92 Å². The zero-order valence-electron chi connectivity index (χ0n) is 26.2. The molecule has 0 amide bonds. The summed E-state index contributed by atoms with van der Waals surface area (Å²) in [5.74, 6) is -0.811. The number of hydrogen-bond donors (Lipinski definition) is 0. The number of fused-ring (bicyclic) bond motifs is 3. The number of hydrogen-bond acceptors (Lipinski definition) is 7. The minimum atomic E-state index is -4.45. The van der Waals surface area contributed by atoms with E-state index in [9.17, 15) is 22.0 Å². The van der Waals surface area contributed by atoms with Crippen LogP contribution < -0.4 is 4.90 Å². The van der Waals surface area contributed by atoms with Crippen molar-refractivity contribution in [3.63, 3.8) is 0 Å². The zero-order valence-corrected chi connectivity index (χ0v) is 26.2. The Balaban J connectivity index is 1.22. The number of halogens is 5. The fourth-order valence-electron chi connectivity index (χ4n) is 7.78. The highest BCUT2D eigenvalue weighted by atomic mass is 19.4. The Bertz CT molecular complexity index is 1690. The van der Waals surface area contributed by atoms with Crippen molar-refractivity contribution in [2.24, 2.45) is 5.92 Å². The van der Waals surface area contributed by atoms with E-state index >= 15 is 0 Å². The van der Waals surface area contributed by atoms with Gasteiger partial charge in [0, 0.05) is 50.7 Å². The first kappa shape index (κ1) is 31.2. The molecule has 4 aromatic rings. The summed E-state index contributed by atoms with van der Waals surface area (Å²) in [7, 11) is 0. The topological polar surface area (TPSA) is 76.6 Å². The van der Waals surface area contributed by atoms with Crippen molar-refractivity contribution in [3.8, 4) is 0 Å². The van der Waals surface area contributed by atoms with Gasteiger partial charge < -0.3 is 14.2 Å². The first-order valence-corrected chi connectivity index (χ1v) is 16.1. The fraction of sp³-hybridized carbons (Fsp3) is 0.625. The zero-order chi connectivity index (χ0) is 32.4. The Morgan fingerprint density at radius 3 is 2.41 bits per heavy atom. The molecule has 2 unspecified atom stereocenters. The molecular weight excluding hydrogens is 607 g/mol. The van der Waals surface area contributed by atoms with Gasteiger partial charge in [0.1, 0.15) is 17.7 Å². The second-order valence-corrected chi connectivity index (χ2v) is 13.3. The molecule has 1 aromatic carbocycles. The van der Waals surface area contributed by atoms with Crippen LogP contribution in [-0.4, -0.2) is 77.8 Å². The second kappa shape index (κ2) is 11.7. The van der Waals surface area contributed by atoms with Crippen molar-refractivity contribution in [1.29, 1.82) is 0 Å². The number of imidazole rings is 1. The number of benzene rings is 1. The van der Waals surface area contributed by atoms with Crippen LogP contribution >= 0.6 is 0 Å². The molecule has 9 nitrogen and oxygen atoms in total. The standard InChI is InChI=1S/C32H39F5N8O/c1-19-16-43(28-26-29(45-18-38-41-30(45)40-28)44(21(3)39-26)17-25-5-4-14-46-25)20(2)15-42(19)27(23-10-12-31(33,34)13-11-23)22-6-8-24(9-7-22)32(35,36)37/h6-9,18-20,23,25,27H,4-5,10-17H2,1-3H3/t19-,20+,25?,27?/m1/s1. The van der Waals surface area contributed by atoms with Crippen molar-refractivity contribution >= 4 is 22.8 Å². The number of piperazine rings is 1. The molecule has 5 heterocycles. The van der Waals surface area contributed by atoms with Gasteiger partial charge in [-0.05, 0) is 70.1 Å². The summed E-state index contributed by atoms with van der Waals surface area (Å²) < 4.78 is 78.7. The summed E-state index contributed by atoms with van der Waals surface area (Å²) in [6.45, 7) is 8.69. The van der Waals surface area contributed by atoms with Crippen molar-refractivity contribution in [3.05, 3.63) is 47.5 Å². The summed E-state index contributed by atoms with van der Waals surface area (Å²) in [5, 5.41) is 8.42. The van der Waals surface area contributed by atoms with Crippen molar-refractivity contribution in [1.82, 2.24) is 34.0 Å². The van der Waals surface area contributed by atoms with Gasteiger partial charge in [-0.15, -0.1) is 10.2 Å². The van der Waals surface area contributed by atoms with Gasteiger partial charge in [-0.3, -0.25) is 4.90 Å². The summed E-state index contributed by atoms with van der Waals surface area (Å²) in [6.07, 6.45) is -0.496. The number of aromatic nitrogens is 6. The molecule has 0 spiro atoms. The van der Waals surface area contributed by atoms with E-state index in [2.05, 4.69) is 38.4 Å². The first-order chi connectivity index (χ1) is 21.9. The second-order valence-electron chi connectivity index (χ2n) is 13.3. The number of nitrogens with zero attached hydrogens (tertiary/aromatic N) is 8. The van der Waals surface area contributed by atoms with Crippen LogP contribution in [0, 0.1) is 12.8 Å². The summed E-state index contributed by atoms with van der Waals surface area (Å²) in [5.41, 5.74) is 1.60. The van der Waals surface area contributed by atoms with E-state index in [0.717, 1.165) is 54.1 Å². The van der Waals surface area contributed by atoms with Gasteiger partial charge in [-0.1, -0.05) is 12.1 Å². The fourth-order valence-corrected chi connectivity index (χ4v) is 7.78. The lowest BCUT2D eigenvalue weighted by Gasteiger charge is -2.50. The van der Waals surface area contributed by atoms with Gasteiger partial charge in [0.15, 0.2) is 11.5 Å². The predicted molar refractivity (Wildman–Crippen MR) is 162 cm³/mol. The van der Waals surface area contributed by atoms with Gasteiger partial charge in [0.05, 0.1) is 18.2 Å². The van der Waals surface area contributed by atoms with Gasteiger partial charge in [0.25, 0.3) is 5.78 Å². The van der Waals surface area contributed by atoms with Crippen LogP contribution in [0.2, 0.25) is 0 Å². The molecule has 3 aliphatic rings. The van der Waals surface area contributed by atoms with Crippen LogP contribution in [0.15, 0.2) is 30.6 Å². The van der Waals surface area contributed by atoms with Crippen LogP contribution in [0.25, 0.3) is 16.9 Å². The van der Waals surface area contributed by atoms with Gasteiger partial charge >= 0.3 is 6.18 Å². The smallest absolute Gasteiger partial charge is 0.376 e. The maximum absolute atomic E-state index is 14.2. The van der Waals surface area contributed by atoms with Crippen LogP contribution in [0.1, 0.15) is 75.4 Å². The molecule has 1 saturated carbocycles. The maximum atomic E-state index is 14.2. The normalized spacial score (nSPS) is 25.6. The Kier molecular flexibility index (Phi) is 7.94. The van der Waals surface area contributed by atoms with Gasteiger partial charge in [-0.25, -0.2) is 18.2 Å². The molecule has 3 aromatic heterocycles. The molecule has 0 N–H and O–H groups in total. The van der Waals surface area contributed by atoms with E-state index < -0.39 is 17.7 Å². The molecular formula is C32H39F5N8O. The third-order valence-electron chi connectivity index (χ3n) is 10.2. The van der Waals surface area contributed by atoms with E-state index in [4.69, 9.17) is 14.7 Å². The van der Waals surface area contributed by atoms with E-state index in [-0.39, 0.29) is 43.0 Å². The number of anilines is 1. The lowest BCUT2D eigenvalue weighted by atomic mass is 9.78. The monoisotopic (exact) mass is 646 g/mol. The highest BCUT2D eigenvalue weighted by Gasteiger charge is 2.43. The molecule has 2 aliphatic heterocycles. The molecule has 14 heteroatoms. The molecule has 2 saturated heterocycles. The minimum absolute atomic E-state index is 0.0630. The summed E-state index contributed by atoms with van der Waals surface area (Å²) in [4.78, 5) is 14.4. The summed E-state index contributed by atoms with van der Waals surface area (Å²) in [6, 6.07) is 4.84.